The molecule has 1 heterocycles. The van der Waals surface area contributed by atoms with Crippen molar-refractivity contribution < 1.29 is 4.74 Å². The Hall–Kier alpha value is -3.52. The van der Waals surface area contributed by atoms with E-state index >= 15 is 0 Å². The Morgan fingerprint density at radius 1 is 0.909 bits per heavy atom. The van der Waals surface area contributed by atoms with Gasteiger partial charge in [-0.05, 0) is 93.4 Å². The maximum absolute atomic E-state index is 5.54. The third-order valence-electron chi connectivity index (χ3n) is 4.75. The normalized spacial score (nSPS) is 11.1. The number of ether oxygens (including phenoxy) is 1. The number of aryl methyl sites for hydroxylation is 4. The molecule has 172 valence electrons. The van der Waals surface area contributed by atoms with Crippen molar-refractivity contribution in [3.63, 3.8) is 0 Å². The number of rotatable bonds is 6. The van der Waals surface area contributed by atoms with Crippen molar-refractivity contribution >= 4 is 34.9 Å². The number of benzene rings is 2. The van der Waals surface area contributed by atoms with E-state index in [0.717, 1.165) is 45.9 Å². The Labute approximate surface area is 200 Å². The smallest absolute Gasteiger partial charge is 0.229 e. The highest BCUT2D eigenvalue weighted by atomic mass is 32.1. The van der Waals surface area contributed by atoms with Gasteiger partial charge in [0.15, 0.2) is 5.11 Å². The molecule has 0 fully saturated rings. The summed E-state index contributed by atoms with van der Waals surface area (Å²) in [6, 6.07) is 16.1. The molecule has 0 aliphatic rings. The summed E-state index contributed by atoms with van der Waals surface area (Å²) in [5.74, 6) is 1.79. The van der Waals surface area contributed by atoms with Gasteiger partial charge >= 0.3 is 0 Å². The van der Waals surface area contributed by atoms with Crippen LogP contribution in [0.2, 0.25) is 0 Å². The predicted molar refractivity (Wildman–Crippen MR) is 139 cm³/mol. The zero-order valence-electron chi connectivity index (χ0n) is 19.7. The number of guanidine groups is 1. The molecule has 0 atom stereocenters. The molecular weight excluding hydrogens is 432 g/mol. The lowest BCUT2D eigenvalue weighted by Gasteiger charge is -2.15. The molecule has 0 unspecified atom stereocenters. The number of aromatic nitrogens is 2. The molecule has 8 heteroatoms. The molecule has 0 spiro atoms. The second-order valence-corrected chi connectivity index (χ2v) is 8.29. The van der Waals surface area contributed by atoms with E-state index in [2.05, 4.69) is 50.8 Å². The molecule has 0 saturated heterocycles. The first-order chi connectivity index (χ1) is 15.8. The average Bonchev–Trinajstić information content (AvgIpc) is 2.72. The highest BCUT2D eigenvalue weighted by Crippen LogP contribution is 2.14. The van der Waals surface area contributed by atoms with Gasteiger partial charge in [-0.3, -0.25) is 10.3 Å². The number of nitrogens with zero attached hydrogens (tertiary/aromatic N) is 3. The van der Waals surface area contributed by atoms with Gasteiger partial charge in [0.25, 0.3) is 0 Å². The SMILES string of the molecule is COc1ccc(CCN=C(NC(=S)Nc2cc(C)cc(C)c2)Nc2nc(C)cc(C)n2)cc1. The Balaban J connectivity index is 1.73. The molecule has 33 heavy (non-hydrogen) atoms. The topological polar surface area (TPSA) is 83.5 Å². The molecule has 0 bridgehead atoms. The van der Waals surface area contributed by atoms with Crippen LogP contribution in [0.3, 0.4) is 0 Å². The zero-order valence-corrected chi connectivity index (χ0v) is 20.5. The first-order valence-electron chi connectivity index (χ1n) is 10.7. The molecular formula is C25H30N6OS. The molecule has 3 rings (SSSR count). The first-order valence-corrected chi connectivity index (χ1v) is 11.1. The van der Waals surface area contributed by atoms with Crippen LogP contribution in [0.1, 0.15) is 28.1 Å². The summed E-state index contributed by atoms with van der Waals surface area (Å²) in [6.07, 6.45) is 0.766. The van der Waals surface area contributed by atoms with Crippen molar-refractivity contribution in [1.29, 1.82) is 0 Å². The summed E-state index contributed by atoms with van der Waals surface area (Å²) in [6.45, 7) is 8.53. The van der Waals surface area contributed by atoms with Crippen LogP contribution in [0.4, 0.5) is 11.6 Å². The molecule has 0 radical (unpaired) electrons. The van der Waals surface area contributed by atoms with Crippen LogP contribution in [0.25, 0.3) is 0 Å². The van der Waals surface area contributed by atoms with Crippen molar-refractivity contribution in [1.82, 2.24) is 15.3 Å². The third-order valence-corrected chi connectivity index (χ3v) is 4.96. The number of methoxy groups -OCH3 is 1. The van der Waals surface area contributed by atoms with Crippen molar-refractivity contribution in [2.75, 3.05) is 24.3 Å². The minimum Gasteiger partial charge on any atom is -0.497 e. The molecule has 0 aliphatic heterocycles. The maximum atomic E-state index is 5.54. The van der Waals surface area contributed by atoms with Crippen molar-refractivity contribution in [2.24, 2.45) is 4.99 Å². The molecule has 3 N–H and O–H groups in total. The summed E-state index contributed by atoms with van der Waals surface area (Å²) < 4.78 is 5.22. The van der Waals surface area contributed by atoms with Crippen molar-refractivity contribution in [2.45, 2.75) is 34.1 Å². The van der Waals surface area contributed by atoms with Gasteiger partial charge in [-0.15, -0.1) is 0 Å². The van der Waals surface area contributed by atoms with Crippen LogP contribution in [0, 0.1) is 27.7 Å². The van der Waals surface area contributed by atoms with Gasteiger partial charge in [-0.1, -0.05) is 18.2 Å². The highest BCUT2D eigenvalue weighted by Gasteiger charge is 2.08. The zero-order chi connectivity index (χ0) is 23.8. The number of nitrogens with one attached hydrogen (secondary N) is 3. The maximum Gasteiger partial charge on any atom is 0.229 e. The fraction of sp³-hybridized carbons (Fsp3) is 0.280. The van der Waals surface area contributed by atoms with Gasteiger partial charge in [0.2, 0.25) is 11.9 Å². The number of hydrogen-bond donors (Lipinski definition) is 3. The van der Waals surface area contributed by atoms with E-state index in [-0.39, 0.29) is 0 Å². The lowest BCUT2D eigenvalue weighted by molar-refractivity contribution is 0.414. The predicted octanol–water partition coefficient (Wildman–Crippen LogP) is 4.72. The van der Waals surface area contributed by atoms with Crippen LogP contribution >= 0.6 is 12.2 Å². The van der Waals surface area contributed by atoms with E-state index < -0.39 is 0 Å². The number of thiocarbonyl (C=S) groups is 1. The lowest BCUT2D eigenvalue weighted by atomic mass is 10.1. The molecule has 1 aromatic heterocycles. The van der Waals surface area contributed by atoms with E-state index in [1.165, 1.54) is 0 Å². The van der Waals surface area contributed by atoms with E-state index in [0.29, 0.717) is 23.6 Å². The van der Waals surface area contributed by atoms with E-state index in [9.17, 15) is 0 Å². The minimum absolute atomic E-state index is 0.431. The van der Waals surface area contributed by atoms with E-state index in [1.807, 2.05) is 56.3 Å². The summed E-state index contributed by atoms with van der Waals surface area (Å²) in [5.41, 5.74) is 6.16. The fourth-order valence-electron chi connectivity index (χ4n) is 3.40. The largest absolute Gasteiger partial charge is 0.497 e. The summed E-state index contributed by atoms with van der Waals surface area (Å²) in [7, 11) is 1.66. The Kier molecular flexibility index (Phi) is 8.32. The summed E-state index contributed by atoms with van der Waals surface area (Å²) in [4.78, 5) is 13.6. The van der Waals surface area contributed by atoms with Crippen LogP contribution in [-0.4, -0.2) is 34.7 Å². The van der Waals surface area contributed by atoms with E-state index in [4.69, 9.17) is 17.0 Å². The molecule has 0 saturated carbocycles. The van der Waals surface area contributed by atoms with Crippen LogP contribution in [0.5, 0.6) is 5.75 Å². The van der Waals surface area contributed by atoms with Gasteiger partial charge in [0.05, 0.1) is 7.11 Å². The lowest BCUT2D eigenvalue weighted by Crippen LogP contribution is -2.39. The number of hydrogen-bond acceptors (Lipinski definition) is 5. The second-order valence-electron chi connectivity index (χ2n) is 7.88. The third kappa shape index (κ3) is 7.84. The minimum atomic E-state index is 0.431. The number of aliphatic imine (C=N–C) groups is 1. The van der Waals surface area contributed by atoms with Gasteiger partial charge in [-0.25, -0.2) is 9.97 Å². The highest BCUT2D eigenvalue weighted by molar-refractivity contribution is 7.80. The molecule has 2 aromatic carbocycles. The molecule has 0 amide bonds. The van der Waals surface area contributed by atoms with Crippen molar-refractivity contribution in [3.05, 3.63) is 76.6 Å². The summed E-state index contributed by atoms with van der Waals surface area (Å²) >= 11 is 5.54. The Morgan fingerprint density at radius 3 is 2.15 bits per heavy atom. The Morgan fingerprint density at radius 2 is 1.55 bits per heavy atom. The quantitative estimate of drug-likeness (QED) is 0.278. The van der Waals surface area contributed by atoms with Crippen LogP contribution in [-0.2, 0) is 6.42 Å². The summed E-state index contributed by atoms with van der Waals surface area (Å²) in [5, 5.41) is 9.99. The average molecular weight is 463 g/mol. The van der Waals surface area contributed by atoms with Gasteiger partial charge < -0.3 is 15.4 Å². The first kappa shape index (κ1) is 24.1. The standard InChI is InChI=1S/C25H30N6OS/c1-16-12-17(2)14-21(13-16)29-25(33)31-23(30-24-27-18(3)15-19(4)28-24)26-11-10-20-6-8-22(32-5)9-7-20/h6-9,12-15H,10-11H2,1-5H3,(H3,26,27,28,29,30,31,33). The molecule has 7 nitrogen and oxygen atoms in total. The Bertz CT molecular complexity index is 1100. The number of anilines is 2. The monoisotopic (exact) mass is 462 g/mol. The van der Waals surface area contributed by atoms with Gasteiger partial charge in [-0.2, -0.15) is 0 Å². The van der Waals surface area contributed by atoms with E-state index in [1.54, 1.807) is 7.11 Å². The fourth-order valence-corrected chi connectivity index (χ4v) is 3.62. The van der Waals surface area contributed by atoms with Gasteiger partial charge in [0.1, 0.15) is 5.75 Å². The molecule has 3 aromatic rings. The van der Waals surface area contributed by atoms with Crippen LogP contribution < -0.4 is 20.7 Å². The molecule has 0 aliphatic carbocycles. The second kappa shape index (κ2) is 11.4. The van der Waals surface area contributed by atoms with Crippen LogP contribution in [0.15, 0.2) is 53.5 Å². The van der Waals surface area contributed by atoms with Gasteiger partial charge in [0, 0.05) is 23.6 Å². The van der Waals surface area contributed by atoms with Crippen molar-refractivity contribution in [3.8, 4) is 5.75 Å².